The highest BCUT2D eigenvalue weighted by molar-refractivity contribution is 5.90. The molecule has 0 aliphatic rings. The van der Waals surface area contributed by atoms with E-state index in [-0.39, 0.29) is 0 Å². The van der Waals surface area contributed by atoms with Gasteiger partial charge in [0.05, 0.1) is 25.4 Å². The lowest BCUT2D eigenvalue weighted by Crippen LogP contribution is -2.34. The molecule has 1 unspecified atom stereocenters. The summed E-state index contributed by atoms with van der Waals surface area (Å²) in [7, 11) is 3.13. The first-order valence-electron chi connectivity index (χ1n) is 11.9. The van der Waals surface area contributed by atoms with Gasteiger partial charge in [-0.1, -0.05) is 50.5 Å². The standard InChI is InChI=1S/C29H38O6/c1-9-18-27(3,4)34-35-28(5,6)19-20-29(10-2,33-26(30)22-14-12-11-13-15-22)23-16-17-24(31-7)25(21-23)32-8/h11-17,21H,9-10,18H2,1-8H3. The summed E-state index contributed by atoms with van der Waals surface area (Å²) in [6.07, 6.45) is 2.21. The van der Waals surface area contributed by atoms with Crippen LogP contribution in [0.5, 0.6) is 11.5 Å². The van der Waals surface area contributed by atoms with Crippen LogP contribution in [0.3, 0.4) is 0 Å². The average Bonchev–Trinajstić information content (AvgIpc) is 2.85. The monoisotopic (exact) mass is 482 g/mol. The molecule has 6 nitrogen and oxygen atoms in total. The number of carbonyl (C=O) groups is 1. The molecule has 0 amide bonds. The highest BCUT2D eigenvalue weighted by Gasteiger charge is 2.35. The van der Waals surface area contributed by atoms with Crippen LogP contribution in [0.25, 0.3) is 0 Å². The zero-order chi connectivity index (χ0) is 26.1. The third kappa shape index (κ3) is 7.74. The Morgan fingerprint density at radius 3 is 2.09 bits per heavy atom. The van der Waals surface area contributed by atoms with Gasteiger partial charge in [-0.05, 0) is 64.3 Å². The lowest BCUT2D eigenvalue weighted by atomic mass is 9.89. The average molecular weight is 483 g/mol. The van der Waals surface area contributed by atoms with Gasteiger partial charge in [0.15, 0.2) is 22.7 Å². The number of benzene rings is 2. The van der Waals surface area contributed by atoms with Gasteiger partial charge in [-0.25, -0.2) is 14.6 Å². The summed E-state index contributed by atoms with van der Waals surface area (Å²) < 4.78 is 17.0. The second-order valence-corrected chi connectivity index (χ2v) is 9.44. The zero-order valence-corrected chi connectivity index (χ0v) is 22.2. The summed E-state index contributed by atoms with van der Waals surface area (Å²) in [6.45, 7) is 11.6. The molecule has 0 saturated carbocycles. The van der Waals surface area contributed by atoms with E-state index in [1.165, 1.54) is 0 Å². The van der Waals surface area contributed by atoms with Gasteiger partial charge >= 0.3 is 5.97 Å². The van der Waals surface area contributed by atoms with Crippen LogP contribution < -0.4 is 9.47 Å². The molecule has 2 aromatic carbocycles. The maximum Gasteiger partial charge on any atom is 0.339 e. The van der Waals surface area contributed by atoms with E-state index in [0.717, 1.165) is 12.8 Å². The largest absolute Gasteiger partial charge is 0.493 e. The molecule has 35 heavy (non-hydrogen) atoms. The van der Waals surface area contributed by atoms with Crippen LogP contribution in [-0.4, -0.2) is 31.4 Å². The van der Waals surface area contributed by atoms with Crippen molar-refractivity contribution in [3.63, 3.8) is 0 Å². The number of carbonyl (C=O) groups excluding carboxylic acids is 1. The second kappa shape index (κ2) is 12.1. The SMILES string of the molecule is CCCC(C)(C)OOC(C)(C)C#CC(CC)(OC(=O)c1ccccc1)c1ccc(OC)c(OC)c1. The summed E-state index contributed by atoms with van der Waals surface area (Å²) in [6, 6.07) is 14.2. The molecule has 0 bridgehead atoms. The normalized spacial score (nSPS) is 13.3. The molecule has 2 rings (SSSR count). The lowest BCUT2D eigenvalue weighted by Gasteiger charge is -2.30. The van der Waals surface area contributed by atoms with Crippen LogP contribution in [-0.2, 0) is 20.1 Å². The fraction of sp³-hybridized carbons (Fsp3) is 0.483. The summed E-state index contributed by atoms with van der Waals surface area (Å²) >= 11 is 0. The van der Waals surface area contributed by atoms with Gasteiger partial charge in [0.1, 0.15) is 0 Å². The first kappa shape index (κ1) is 28.2. The summed E-state index contributed by atoms with van der Waals surface area (Å²) in [5.41, 5.74) is -1.56. The molecule has 0 saturated heterocycles. The highest BCUT2D eigenvalue weighted by atomic mass is 17.2. The van der Waals surface area contributed by atoms with E-state index in [1.807, 2.05) is 46.8 Å². The van der Waals surface area contributed by atoms with Gasteiger partial charge in [0, 0.05) is 12.0 Å². The number of esters is 1. The zero-order valence-electron chi connectivity index (χ0n) is 22.2. The van der Waals surface area contributed by atoms with Gasteiger partial charge in [0.2, 0.25) is 0 Å². The Morgan fingerprint density at radius 1 is 0.857 bits per heavy atom. The molecular formula is C29H38O6. The minimum Gasteiger partial charge on any atom is -0.493 e. The van der Waals surface area contributed by atoms with Crippen LogP contribution in [0.15, 0.2) is 48.5 Å². The molecule has 2 aromatic rings. The quantitative estimate of drug-likeness (QED) is 0.158. The Labute approximate surface area is 209 Å². The molecule has 0 heterocycles. The Balaban J connectivity index is 2.50. The van der Waals surface area contributed by atoms with Crippen molar-refractivity contribution in [2.75, 3.05) is 14.2 Å². The molecule has 6 heteroatoms. The van der Waals surface area contributed by atoms with Gasteiger partial charge in [-0.15, -0.1) is 0 Å². The van der Waals surface area contributed by atoms with Crippen LogP contribution in [0.4, 0.5) is 0 Å². The Hall–Kier alpha value is -3.01. The van der Waals surface area contributed by atoms with Crippen molar-refractivity contribution in [3.8, 4) is 23.3 Å². The van der Waals surface area contributed by atoms with Crippen molar-refractivity contribution in [1.29, 1.82) is 0 Å². The molecule has 0 radical (unpaired) electrons. The molecule has 190 valence electrons. The molecule has 0 fully saturated rings. The van der Waals surface area contributed by atoms with Crippen molar-refractivity contribution < 1.29 is 28.8 Å². The predicted molar refractivity (Wildman–Crippen MR) is 136 cm³/mol. The van der Waals surface area contributed by atoms with Crippen LogP contribution in [0.1, 0.15) is 76.7 Å². The van der Waals surface area contributed by atoms with Crippen molar-refractivity contribution in [2.24, 2.45) is 0 Å². The molecule has 1 atom stereocenters. The smallest absolute Gasteiger partial charge is 0.339 e. The van der Waals surface area contributed by atoms with E-state index < -0.39 is 22.8 Å². The first-order chi connectivity index (χ1) is 16.5. The van der Waals surface area contributed by atoms with Gasteiger partial charge < -0.3 is 14.2 Å². The summed E-state index contributed by atoms with van der Waals surface area (Å²) in [5.74, 6) is 6.95. The van der Waals surface area contributed by atoms with E-state index in [9.17, 15) is 4.79 Å². The van der Waals surface area contributed by atoms with Gasteiger partial charge in [-0.3, -0.25) is 0 Å². The maximum atomic E-state index is 13.1. The van der Waals surface area contributed by atoms with Crippen molar-refractivity contribution in [3.05, 3.63) is 59.7 Å². The third-order valence-corrected chi connectivity index (χ3v) is 5.52. The molecular weight excluding hydrogens is 444 g/mol. The first-order valence-corrected chi connectivity index (χ1v) is 11.9. The van der Waals surface area contributed by atoms with Crippen molar-refractivity contribution in [2.45, 2.75) is 77.6 Å². The van der Waals surface area contributed by atoms with Crippen LogP contribution >= 0.6 is 0 Å². The number of hydrogen-bond donors (Lipinski definition) is 0. The molecule has 0 aliphatic heterocycles. The van der Waals surface area contributed by atoms with E-state index in [1.54, 1.807) is 50.6 Å². The fourth-order valence-corrected chi connectivity index (χ4v) is 3.53. The second-order valence-electron chi connectivity index (χ2n) is 9.44. The Bertz CT molecular complexity index is 1030. The Kier molecular flexibility index (Phi) is 9.76. The molecule has 0 spiro atoms. The van der Waals surface area contributed by atoms with E-state index in [4.69, 9.17) is 24.0 Å². The molecule has 0 N–H and O–H groups in total. The highest BCUT2D eigenvalue weighted by Crippen LogP contribution is 2.37. The van der Waals surface area contributed by atoms with Crippen LogP contribution in [0.2, 0.25) is 0 Å². The van der Waals surface area contributed by atoms with Crippen molar-refractivity contribution in [1.82, 2.24) is 0 Å². The van der Waals surface area contributed by atoms with E-state index >= 15 is 0 Å². The van der Waals surface area contributed by atoms with E-state index in [2.05, 4.69) is 18.8 Å². The van der Waals surface area contributed by atoms with Crippen molar-refractivity contribution >= 4 is 5.97 Å². The predicted octanol–water partition coefficient (Wildman–Crippen LogP) is 6.48. The maximum absolute atomic E-state index is 13.1. The number of ether oxygens (including phenoxy) is 3. The molecule has 0 aromatic heterocycles. The van der Waals surface area contributed by atoms with E-state index in [0.29, 0.717) is 29.0 Å². The minimum atomic E-state index is -1.26. The van der Waals surface area contributed by atoms with Crippen LogP contribution in [0, 0.1) is 11.8 Å². The van der Waals surface area contributed by atoms with Gasteiger partial charge in [0.25, 0.3) is 0 Å². The number of methoxy groups -OCH3 is 2. The Morgan fingerprint density at radius 2 is 1.51 bits per heavy atom. The fourth-order valence-electron chi connectivity index (χ4n) is 3.53. The lowest BCUT2D eigenvalue weighted by molar-refractivity contribution is -0.389. The third-order valence-electron chi connectivity index (χ3n) is 5.52. The van der Waals surface area contributed by atoms with Gasteiger partial charge in [-0.2, -0.15) is 0 Å². The number of rotatable bonds is 11. The number of hydrogen-bond acceptors (Lipinski definition) is 6. The summed E-state index contributed by atoms with van der Waals surface area (Å²) in [5, 5.41) is 0. The molecule has 0 aliphatic carbocycles. The summed E-state index contributed by atoms with van der Waals surface area (Å²) in [4.78, 5) is 24.6. The topological polar surface area (TPSA) is 63.2 Å². The minimum absolute atomic E-state index is 0.395.